The predicted molar refractivity (Wildman–Crippen MR) is 66.0 cm³/mol. The Morgan fingerprint density at radius 2 is 1.85 bits per heavy atom. The van der Waals surface area contributed by atoms with Crippen LogP contribution in [-0.2, 0) is 20.9 Å². The lowest BCUT2D eigenvalue weighted by atomic mass is 9.93. The first kappa shape index (κ1) is 16.0. The van der Waals surface area contributed by atoms with Gasteiger partial charge in [0.25, 0.3) is 0 Å². The highest BCUT2D eigenvalue weighted by molar-refractivity contribution is 6.03. The molecule has 1 rings (SSSR count). The third kappa shape index (κ3) is 4.27. The third-order valence-electron chi connectivity index (χ3n) is 2.55. The molecule has 0 saturated carbocycles. The maximum absolute atomic E-state index is 13.0. The van der Waals surface area contributed by atoms with Crippen LogP contribution in [0.1, 0.15) is 18.9 Å². The number of hydrogen-bond donors (Lipinski definition) is 2. The number of ether oxygens (including phenoxy) is 1. The van der Waals surface area contributed by atoms with Crippen molar-refractivity contribution in [3.05, 3.63) is 35.9 Å². The Morgan fingerprint density at radius 3 is 2.30 bits per heavy atom. The second-order valence-electron chi connectivity index (χ2n) is 4.59. The van der Waals surface area contributed by atoms with E-state index in [9.17, 15) is 18.4 Å². The summed E-state index contributed by atoms with van der Waals surface area (Å²) in [6.45, 7) is 0.253. The van der Waals surface area contributed by atoms with Crippen LogP contribution in [0.2, 0.25) is 0 Å². The van der Waals surface area contributed by atoms with Crippen molar-refractivity contribution in [3.8, 4) is 0 Å². The molecule has 0 heterocycles. The lowest BCUT2D eigenvalue weighted by molar-refractivity contribution is -0.166. The van der Waals surface area contributed by atoms with Gasteiger partial charge in [0.1, 0.15) is 6.61 Å². The van der Waals surface area contributed by atoms with Gasteiger partial charge in [-0.2, -0.15) is 0 Å². The summed E-state index contributed by atoms with van der Waals surface area (Å²) in [6.07, 6.45) is -1.33. The van der Waals surface area contributed by atoms with E-state index >= 15 is 0 Å². The van der Waals surface area contributed by atoms with Gasteiger partial charge in [-0.25, -0.2) is 18.4 Å². The lowest BCUT2D eigenvalue weighted by Gasteiger charge is -2.25. The SMILES string of the molecule is CC(F)(F)CC(N)(C(=O)O)C(=O)OCc1ccccc1. The highest BCUT2D eigenvalue weighted by Crippen LogP contribution is 2.25. The molecular formula is C13H15F2NO4. The van der Waals surface area contributed by atoms with Gasteiger partial charge in [0.15, 0.2) is 0 Å². The first-order valence-corrected chi connectivity index (χ1v) is 5.76. The first-order chi connectivity index (χ1) is 9.15. The van der Waals surface area contributed by atoms with E-state index in [0.717, 1.165) is 0 Å². The van der Waals surface area contributed by atoms with Gasteiger partial charge in [-0.15, -0.1) is 0 Å². The fourth-order valence-electron chi connectivity index (χ4n) is 1.58. The quantitative estimate of drug-likeness (QED) is 0.612. The van der Waals surface area contributed by atoms with E-state index in [0.29, 0.717) is 12.5 Å². The average Bonchev–Trinajstić information content (AvgIpc) is 2.34. The Kier molecular flexibility index (Phi) is 4.78. The number of alkyl halides is 2. The van der Waals surface area contributed by atoms with Gasteiger partial charge < -0.3 is 15.6 Å². The van der Waals surface area contributed by atoms with E-state index in [-0.39, 0.29) is 6.61 Å². The van der Waals surface area contributed by atoms with E-state index in [1.165, 1.54) is 0 Å². The zero-order chi connectivity index (χ0) is 15.4. The van der Waals surface area contributed by atoms with Crippen LogP contribution < -0.4 is 5.73 Å². The second-order valence-corrected chi connectivity index (χ2v) is 4.59. The van der Waals surface area contributed by atoms with E-state index in [1.807, 2.05) is 0 Å². The smallest absolute Gasteiger partial charge is 0.338 e. The maximum Gasteiger partial charge on any atom is 0.338 e. The first-order valence-electron chi connectivity index (χ1n) is 5.76. The number of carbonyl (C=O) groups excluding carboxylic acids is 1. The van der Waals surface area contributed by atoms with Crippen LogP contribution >= 0.6 is 0 Å². The van der Waals surface area contributed by atoms with Crippen molar-refractivity contribution in [1.82, 2.24) is 0 Å². The van der Waals surface area contributed by atoms with Crippen LogP contribution in [0.5, 0.6) is 0 Å². The van der Waals surface area contributed by atoms with E-state index in [4.69, 9.17) is 15.6 Å². The molecule has 0 spiro atoms. The van der Waals surface area contributed by atoms with E-state index in [1.54, 1.807) is 30.3 Å². The number of benzene rings is 1. The molecular weight excluding hydrogens is 272 g/mol. The van der Waals surface area contributed by atoms with Crippen LogP contribution in [-0.4, -0.2) is 28.5 Å². The van der Waals surface area contributed by atoms with Crippen molar-refractivity contribution in [2.24, 2.45) is 5.73 Å². The van der Waals surface area contributed by atoms with Gasteiger partial charge in [-0.1, -0.05) is 30.3 Å². The summed E-state index contributed by atoms with van der Waals surface area (Å²) in [5.41, 5.74) is 3.10. The molecule has 0 fully saturated rings. The molecule has 1 aromatic rings. The van der Waals surface area contributed by atoms with Gasteiger partial charge in [-0.3, -0.25) is 0 Å². The van der Waals surface area contributed by atoms with Crippen LogP contribution in [0.25, 0.3) is 0 Å². The molecule has 1 atom stereocenters. The van der Waals surface area contributed by atoms with Gasteiger partial charge in [0.05, 0.1) is 6.42 Å². The van der Waals surface area contributed by atoms with Crippen molar-refractivity contribution >= 4 is 11.9 Å². The molecule has 3 N–H and O–H groups in total. The molecule has 0 aliphatic rings. The molecule has 0 aromatic heterocycles. The molecule has 1 unspecified atom stereocenters. The van der Waals surface area contributed by atoms with Crippen molar-refractivity contribution < 1.29 is 28.2 Å². The van der Waals surface area contributed by atoms with E-state index in [2.05, 4.69) is 0 Å². The minimum atomic E-state index is -3.40. The van der Waals surface area contributed by atoms with Crippen LogP contribution in [0.3, 0.4) is 0 Å². The summed E-state index contributed by atoms with van der Waals surface area (Å²) < 4.78 is 30.6. The molecule has 0 aliphatic carbocycles. The third-order valence-corrected chi connectivity index (χ3v) is 2.55. The van der Waals surface area contributed by atoms with Crippen molar-refractivity contribution in [2.75, 3.05) is 0 Å². The number of esters is 1. The topological polar surface area (TPSA) is 89.6 Å². The Balaban J connectivity index is 2.77. The summed E-state index contributed by atoms with van der Waals surface area (Å²) in [5, 5.41) is 8.90. The average molecular weight is 287 g/mol. The number of halogens is 2. The van der Waals surface area contributed by atoms with Crippen molar-refractivity contribution in [1.29, 1.82) is 0 Å². The van der Waals surface area contributed by atoms with Crippen LogP contribution in [0.4, 0.5) is 8.78 Å². The summed E-state index contributed by atoms with van der Waals surface area (Å²) in [4.78, 5) is 22.7. The van der Waals surface area contributed by atoms with Crippen molar-refractivity contribution in [3.63, 3.8) is 0 Å². The minimum Gasteiger partial charge on any atom is -0.479 e. The standard InChI is InChI=1S/C13H15F2NO4/c1-12(14,15)8-13(16,10(17)18)11(19)20-7-9-5-3-2-4-6-9/h2-6H,7-8,16H2,1H3,(H,17,18). The molecule has 0 bridgehead atoms. The van der Waals surface area contributed by atoms with Gasteiger partial charge in [0.2, 0.25) is 11.5 Å². The van der Waals surface area contributed by atoms with Crippen LogP contribution in [0.15, 0.2) is 30.3 Å². The molecule has 0 amide bonds. The summed E-state index contributed by atoms with van der Waals surface area (Å²) in [6, 6.07) is 8.40. The molecule has 7 heteroatoms. The number of carboxylic acids is 1. The Hall–Kier alpha value is -2.02. The Labute approximate surface area is 114 Å². The van der Waals surface area contributed by atoms with Crippen LogP contribution in [0, 0.1) is 0 Å². The highest BCUT2D eigenvalue weighted by Gasteiger charge is 2.50. The molecule has 0 saturated heterocycles. The number of aliphatic carboxylic acids is 1. The fourth-order valence-corrected chi connectivity index (χ4v) is 1.58. The lowest BCUT2D eigenvalue weighted by Crippen LogP contribution is -2.58. The van der Waals surface area contributed by atoms with Gasteiger partial charge in [-0.05, 0) is 12.5 Å². The van der Waals surface area contributed by atoms with Gasteiger partial charge in [0, 0.05) is 0 Å². The number of carboxylic acid groups (broad SMARTS) is 1. The number of nitrogens with two attached hydrogens (primary N) is 1. The molecule has 110 valence electrons. The Bertz CT molecular complexity index is 487. The largest absolute Gasteiger partial charge is 0.479 e. The molecule has 0 aliphatic heterocycles. The summed E-state index contributed by atoms with van der Waals surface area (Å²) in [5.74, 6) is -6.65. The molecule has 20 heavy (non-hydrogen) atoms. The molecule has 1 aromatic carbocycles. The highest BCUT2D eigenvalue weighted by atomic mass is 19.3. The predicted octanol–water partition coefficient (Wildman–Crippen LogP) is 1.56. The van der Waals surface area contributed by atoms with Gasteiger partial charge >= 0.3 is 11.9 Å². The fraction of sp³-hybridized carbons (Fsp3) is 0.385. The number of hydrogen-bond acceptors (Lipinski definition) is 4. The number of carbonyl (C=O) groups is 2. The van der Waals surface area contributed by atoms with Crippen molar-refractivity contribution in [2.45, 2.75) is 31.4 Å². The maximum atomic E-state index is 13.0. The number of rotatable bonds is 6. The molecule has 5 nitrogen and oxygen atoms in total. The minimum absolute atomic E-state index is 0.235. The normalized spacial score (nSPS) is 14.4. The monoisotopic (exact) mass is 287 g/mol. The molecule has 0 radical (unpaired) electrons. The summed E-state index contributed by atoms with van der Waals surface area (Å²) >= 11 is 0. The zero-order valence-electron chi connectivity index (χ0n) is 10.8. The second kappa shape index (κ2) is 5.96. The summed E-state index contributed by atoms with van der Waals surface area (Å²) in [7, 11) is 0. The Morgan fingerprint density at radius 1 is 1.30 bits per heavy atom. The van der Waals surface area contributed by atoms with E-state index < -0.39 is 29.8 Å². The zero-order valence-corrected chi connectivity index (χ0v) is 10.8.